The molecule has 0 spiro atoms. The summed E-state index contributed by atoms with van der Waals surface area (Å²) in [7, 11) is 0. The normalized spacial score (nSPS) is 27.3. The van der Waals surface area contributed by atoms with Crippen LogP contribution in [0, 0.1) is 5.92 Å². The largest absolute Gasteiger partial charge is 0.347 e. The van der Waals surface area contributed by atoms with E-state index in [4.69, 9.17) is 0 Å². The fourth-order valence-electron chi connectivity index (χ4n) is 4.25. The van der Waals surface area contributed by atoms with E-state index >= 15 is 0 Å². The summed E-state index contributed by atoms with van der Waals surface area (Å²) in [6.07, 6.45) is 2.38. The van der Waals surface area contributed by atoms with Gasteiger partial charge in [-0.25, -0.2) is 0 Å². The summed E-state index contributed by atoms with van der Waals surface area (Å²) in [5, 5.41) is 3.29. The van der Waals surface area contributed by atoms with Gasteiger partial charge in [-0.05, 0) is 63.4 Å². The number of amides is 1. The van der Waals surface area contributed by atoms with Crippen molar-refractivity contribution >= 4 is 23.0 Å². The van der Waals surface area contributed by atoms with Crippen molar-refractivity contribution in [3.8, 4) is 10.4 Å². The molecule has 2 atom stereocenters. The van der Waals surface area contributed by atoms with Crippen LogP contribution >= 0.6 is 11.3 Å². The molecule has 1 aromatic carbocycles. The number of rotatable bonds is 4. The zero-order valence-corrected chi connectivity index (χ0v) is 16.0. The molecule has 136 valence electrons. The molecule has 0 radical (unpaired) electrons. The third kappa shape index (κ3) is 3.21. The lowest BCUT2D eigenvalue weighted by atomic mass is 9.79. The standard InChI is InChI=1S/C21H24N2O2S/c1-13-20(17-9-11-23(13)12-10-17)22-21(25)19-8-7-18(26-19)16-5-3-15(4-6-16)14(2)24/h3-8,13,17,20H,9-12H2,1-2H3,(H,22,25)/t13-,20+/m1/s1. The number of piperidine rings is 3. The van der Waals surface area contributed by atoms with Crippen molar-refractivity contribution in [3.05, 3.63) is 46.8 Å². The minimum atomic E-state index is 0.0345. The zero-order chi connectivity index (χ0) is 18.3. The maximum Gasteiger partial charge on any atom is 0.261 e. The molecule has 0 aliphatic carbocycles. The Kier molecular flexibility index (Phi) is 4.67. The highest BCUT2D eigenvalue weighted by Gasteiger charge is 2.40. The van der Waals surface area contributed by atoms with Gasteiger partial charge in [0.15, 0.2) is 5.78 Å². The summed E-state index contributed by atoms with van der Waals surface area (Å²) in [5.41, 5.74) is 1.75. The molecule has 1 amide bonds. The van der Waals surface area contributed by atoms with Crippen LogP contribution in [0.25, 0.3) is 10.4 Å². The summed E-state index contributed by atoms with van der Waals surface area (Å²) in [4.78, 5) is 28.4. The van der Waals surface area contributed by atoms with E-state index in [0.717, 1.165) is 28.4 Å². The molecule has 5 heteroatoms. The summed E-state index contributed by atoms with van der Waals surface area (Å²) < 4.78 is 0. The van der Waals surface area contributed by atoms with Crippen molar-refractivity contribution in [2.24, 2.45) is 5.92 Å². The van der Waals surface area contributed by atoms with Crippen molar-refractivity contribution in [1.82, 2.24) is 10.2 Å². The number of fused-ring (bicyclic) bond motifs is 3. The van der Waals surface area contributed by atoms with E-state index in [9.17, 15) is 9.59 Å². The van der Waals surface area contributed by atoms with E-state index in [1.807, 2.05) is 36.4 Å². The van der Waals surface area contributed by atoms with Crippen molar-refractivity contribution in [2.45, 2.75) is 38.8 Å². The van der Waals surface area contributed by atoms with Crippen molar-refractivity contribution < 1.29 is 9.59 Å². The maximum absolute atomic E-state index is 12.8. The van der Waals surface area contributed by atoms with Crippen molar-refractivity contribution in [3.63, 3.8) is 0 Å². The molecule has 1 N–H and O–H groups in total. The van der Waals surface area contributed by atoms with Gasteiger partial charge in [0, 0.05) is 22.5 Å². The Bertz CT molecular complexity index is 817. The summed E-state index contributed by atoms with van der Waals surface area (Å²) >= 11 is 1.51. The van der Waals surface area contributed by atoms with E-state index in [1.54, 1.807) is 6.92 Å². The van der Waals surface area contributed by atoms with Gasteiger partial charge in [-0.3, -0.25) is 14.5 Å². The first kappa shape index (κ1) is 17.4. The molecule has 3 saturated heterocycles. The number of thiophene rings is 1. The van der Waals surface area contributed by atoms with Gasteiger partial charge in [-0.15, -0.1) is 11.3 Å². The molecular weight excluding hydrogens is 344 g/mol. The highest BCUT2D eigenvalue weighted by Crippen LogP contribution is 2.33. The second-order valence-electron chi connectivity index (χ2n) is 7.41. The van der Waals surface area contributed by atoms with Gasteiger partial charge in [-0.1, -0.05) is 24.3 Å². The molecule has 26 heavy (non-hydrogen) atoms. The SMILES string of the molecule is CC(=O)c1ccc(-c2ccc(C(=O)N[C@@H]3C4CCN(CC4)[C@@H]3C)s2)cc1. The van der Waals surface area contributed by atoms with Gasteiger partial charge in [0.2, 0.25) is 0 Å². The Hall–Kier alpha value is -1.98. The number of carbonyl (C=O) groups is 2. The Labute approximate surface area is 158 Å². The Morgan fingerprint density at radius 2 is 1.77 bits per heavy atom. The van der Waals surface area contributed by atoms with Gasteiger partial charge in [0.1, 0.15) is 0 Å². The number of Topliss-reactive ketones (excluding diaryl/α,β-unsaturated/α-hetero) is 1. The molecular formula is C21H24N2O2S. The number of nitrogens with zero attached hydrogens (tertiary/aromatic N) is 1. The van der Waals surface area contributed by atoms with Gasteiger partial charge >= 0.3 is 0 Å². The number of ketones is 1. The van der Waals surface area contributed by atoms with Crippen LogP contribution in [0.2, 0.25) is 0 Å². The zero-order valence-electron chi connectivity index (χ0n) is 15.2. The van der Waals surface area contributed by atoms with Gasteiger partial charge in [-0.2, -0.15) is 0 Å². The highest BCUT2D eigenvalue weighted by atomic mass is 32.1. The fourth-order valence-corrected chi connectivity index (χ4v) is 5.17. The van der Waals surface area contributed by atoms with Crippen LogP contribution in [0.1, 0.15) is 46.7 Å². The lowest BCUT2D eigenvalue weighted by Crippen LogP contribution is -2.62. The third-order valence-electron chi connectivity index (χ3n) is 5.88. The van der Waals surface area contributed by atoms with Crippen LogP contribution in [0.3, 0.4) is 0 Å². The van der Waals surface area contributed by atoms with Crippen LogP contribution in [-0.2, 0) is 0 Å². The van der Waals surface area contributed by atoms with Gasteiger partial charge in [0.25, 0.3) is 5.91 Å². The number of hydrogen-bond donors (Lipinski definition) is 1. The molecule has 2 aromatic rings. The average Bonchev–Trinajstić information content (AvgIpc) is 3.15. The quantitative estimate of drug-likeness (QED) is 0.835. The van der Waals surface area contributed by atoms with E-state index < -0.39 is 0 Å². The van der Waals surface area contributed by atoms with Crippen LogP contribution in [-0.4, -0.2) is 41.8 Å². The highest BCUT2D eigenvalue weighted by molar-refractivity contribution is 7.17. The lowest BCUT2D eigenvalue weighted by Gasteiger charge is -2.49. The summed E-state index contributed by atoms with van der Waals surface area (Å²) in [6, 6.07) is 12.1. The predicted octanol–water partition coefficient (Wildman–Crippen LogP) is 3.83. The maximum atomic E-state index is 12.8. The molecule has 4 nitrogen and oxygen atoms in total. The molecule has 1 aromatic heterocycles. The van der Waals surface area contributed by atoms with E-state index in [0.29, 0.717) is 17.5 Å². The molecule has 3 fully saturated rings. The van der Waals surface area contributed by atoms with Gasteiger partial charge in [0.05, 0.1) is 4.88 Å². The summed E-state index contributed by atoms with van der Waals surface area (Å²) in [6.45, 7) is 6.12. The van der Waals surface area contributed by atoms with Crippen LogP contribution in [0.4, 0.5) is 0 Å². The minimum absolute atomic E-state index is 0.0345. The molecule has 2 bridgehead atoms. The fraction of sp³-hybridized carbons (Fsp3) is 0.429. The molecule has 3 aliphatic heterocycles. The lowest BCUT2D eigenvalue weighted by molar-refractivity contribution is 0.0218. The Balaban J connectivity index is 1.47. The number of benzene rings is 1. The van der Waals surface area contributed by atoms with Crippen LogP contribution in [0.15, 0.2) is 36.4 Å². The number of nitrogens with one attached hydrogen (secondary N) is 1. The number of hydrogen-bond acceptors (Lipinski definition) is 4. The molecule has 0 unspecified atom stereocenters. The molecule has 5 rings (SSSR count). The Morgan fingerprint density at radius 1 is 1.08 bits per heavy atom. The molecule has 4 heterocycles. The molecule has 3 aliphatic rings. The first-order chi connectivity index (χ1) is 12.5. The Morgan fingerprint density at radius 3 is 2.38 bits per heavy atom. The molecule has 0 saturated carbocycles. The second-order valence-corrected chi connectivity index (χ2v) is 8.49. The van der Waals surface area contributed by atoms with E-state index in [-0.39, 0.29) is 17.7 Å². The first-order valence-electron chi connectivity index (χ1n) is 9.29. The van der Waals surface area contributed by atoms with E-state index in [2.05, 4.69) is 17.1 Å². The average molecular weight is 369 g/mol. The van der Waals surface area contributed by atoms with Crippen molar-refractivity contribution in [1.29, 1.82) is 0 Å². The third-order valence-corrected chi connectivity index (χ3v) is 7.01. The minimum Gasteiger partial charge on any atom is -0.347 e. The topological polar surface area (TPSA) is 49.4 Å². The summed E-state index contributed by atoms with van der Waals surface area (Å²) in [5.74, 6) is 0.708. The predicted molar refractivity (Wildman–Crippen MR) is 105 cm³/mol. The van der Waals surface area contributed by atoms with Crippen LogP contribution in [0.5, 0.6) is 0 Å². The van der Waals surface area contributed by atoms with Crippen LogP contribution < -0.4 is 5.32 Å². The van der Waals surface area contributed by atoms with E-state index in [1.165, 1.54) is 24.2 Å². The van der Waals surface area contributed by atoms with Crippen molar-refractivity contribution in [2.75, 3.05) is 13.1 Å². The van der Waals surface area contributed by atoms with Gasteiger partial charge < -0.3 is 5.32 Å². The smallest absolute Gasteiger partial charge is 0.261 e. The monoisotopic (exact) mass is 368 g/mol. The first-order valence-corrected chi connectivity index (χ1v) is 10.1. The number of carbonyl (C=O) groups excluding carboxylic acids is 2. The second kappa shape index (κ2) is 6.97.